The van der Waals surface area contributed by atoms with Crippen LogP contribution in [0.3, 0.4) is 0 Å². The lowest BCUT2D eigenvalue weighted by Crippen LogP contribution is -2.06. The van der Waals surface area contributed by atoms with Gasteiger partial charge in [0.25, 0.3) is 0 Å². The second kappa shape index (κ2) is 6.23. The molecule has 0 aromatic heterocycles. The van der Waals surface area contributed by atoms with Crippen molar-refractivity contribution in [2.24, 2.45) is 5.92 Å². The van der Waals surface area contributed by atoms with E-state index in [1.165, 1.54) is 12.8 Å². The standard InChI is InChI=1S/C10H16ClNO/c11-7-9(8-12)3-1-4-10-5-2-6-13-10/h9-10H,1-7H2. The van der Waals surface area contributed by atoms with Gasteiger partial charge in [0.1, 0.15) is 0 Å². The normalized spacial score (nSPS) is 24.2. The molecule has 1 aliphatic rings. The van der Waals surface area contributed by atoms with Crippen molar-refractivity contribution in [3.05, 3.63) is 0 Å². The molecule has 74 valence electrons. The number of halogens is 1. The van der Waals surface area contributed by atoms with Crippen molar-refractivity contribution in [3.8, 4) is 6.07 Å². The van der Waals surface area contributed by atoms with E-state index in [-0.39, 0.29) is 5.92 Å². The zero-order valence-corrected chi connectivity index (χ0v) is 8.59. The summed E-state index contributed by atoms with van der Waals surface area (Å²) in [4.78, 5) is 0. The molecule has 0 spiro atoms. The minimum Gasteiger partial charge on any atom is -0.378 e. The summed E-state index contributed by atoms with van der Waals surface area (Å²) >= 11 is 5.61. The van der Waals surface area contributed by atoms with Crippen LogP contribution in [-0.2, 0) is 4.74 Å². The van der Waals surface area contributed by atoms with Crippen molar-refractivity contribution < 1.29 is 4.74 Å². The zero-order valence-electron chi connectivity index (χ0n) is 7.84. The Hall–Kier alpha value is -0.260. The number of nitriles is 1. The predicted octanol–water partition coefficient (Wildman–Crippen LogP) is 2.71. The van der Waals surface area contributed by atoms with E-state index < -0.39 is 0 Å². The monoisotopic (exact) mass is 201 g/mol. The third-order valence-corrected chi connectivity index (χ3v) is 2.84. The van der Waals surface area contributed by atoms with Crippen LogP contribution in [-0.4, -0.2) is 18.6 Å². The maximum Gasteiger partial charge on any atom is 0.0668 e. The summed E-state index contributed by atoms with van der Waals surface area (Å²) in [6.07, 6.45) is 5.92. The van der Waals surface area contributed by atoms with E-state index in [1.807, 2.05) is 0 Å². The van der Waals surface area contributed by atoms with Gasteiger partial charge in [-0.3, -0.25) is 0 Å². The summed E-state index contributed by atoms with van der Waals surface area (Å²) < 4.78 is 5.49. The van der Waals surface area contributed by atoms with Gasteiger partial charge in [-0.1, -0.05) is 0 Å². The van der Waals surface area contributed by atoms with Crippen LogP contribution in [0.5, 0.6) is 0 Å². The summed E-state index contributed by atoms with van der Waals surface area (Å²) in [6.45, 7) is 0.919. The first-order valence-corrected chi connectivity index (χ1v) is 5.47. The lowest BCUT2D eigenvalue weighted by Gasteiger charge is -2.09. The average Bonchev–Trinajstić information content (AvgIpc) is 2.65. The van der Waals surface area contributed by atoms with Gasteiger partial charge in [0, 0.05) is 12.5 Å². The molecule has 2 nitrogen and oxygen atoms in total. The van der Waals surface area contributed by atoms with E-state index >= 15 is 0 Å². The van der Waals surface area contributed by atoms with Crippen LogP contribution >= 0.6 is 11.6 Å². The van der Waals surface area contributed by atoms with E-state index in [1.54, 1.807) is 0 Å². The minimum atomic E-state index is 0.0306. The van der Waals surface area contributed by atoms with E-state index in [0.29, 0.717) is 12.0 Å². The third-order valence-electron chi connectivity index (χ3n) is 2.47. The molecule has 1 fully saturated rings. The number of nitrogens with zero attached hydrogens (tertiary/aromatic N) is 1. The topological polar surface area (TPSA) is 33.0 Å². The van der Waals surface area contributed by atoms with Gasteiger partial charge in [-0.15, -0.1) is 11.6 Å². The molecule has 0 aromatic rings. The molecule has 0 aromatic carbocycles. The number of ether oxygens (including phenoxy) is 1. The molecule has 13 heavy (non-hydrogen) atoms. The Balaban J connectivity index is 2.02. The van der Waals surface area contributed by atoms with Crippen LogP contribution in [0, 0.1) is 17.2 Å². The summed E-state index contributed by atoms with van der Waals surface area (Å²) in [5.41, 5.74) is 0. The molecule has 1 heterocycles. The van der Waals surface area contributed by atoms with Gasteiger partial charge in [-0.2, -0.15) is 5.26 Å². The molecule has 0 N–H and O–H groups in total. The van der Waals surface area contributed by atoms with Gasteiger partial charge in [0.2, 0.25) is 0 Å². The molecule has 2 unspecified atom stereocenters. The van der Waals surface area contributed by atoms with Crippen LogP contribution in [0.25, 0.3) is 0 Å². The third kappa shape index (κ3) is 3.97. The maximum atomic E-state index is 8.65. The second-order valence-corrected chi connectivity index (χ2v) is 3.85. The van der Waals surface area contributed by atoms with Gasteiger partial charge < -0.3 is 4.74 Å². The first-order valence-electron chi connectivity index (χ1n) is 4.94. The van der Waals surface area contributed by atoms with Crippen LogP contribution in [0.4, 0.5) is 0 Å². The molecule has 3 heteroatoms. The first kappa shape index (κ1) is 10.8. The summed E-state index contributed by atoms with van der Waals surface area (Å²) in [7, 11) is 0. The highest BCUT2D eigenvalue weighted by Gasteiger charge is 2.15. The van der Waals surface area contributed by atoms with E-state index in [9.17, 15) is 0 Å². The largest absolute Gasteiger partial charge is 0.378 e. The fraction of sp³-hybridized carbons (Fsp3) is 0.900. The van der Waals surface area contributed by atoms with Crippen LogP contribution < -0.4 is 0 Å². The Kier molecular flexibility index (Phi) is 5.19. The van der Waals surface area contributed by atoms with E-state index in [4.69, 9.17) is 21.6 Å². The van der Waals surface area contributed by atoms with Crippen molar-refractivity contribution >= 4 is 11.6 Å². The predicted molar refractivity (Wildman–Crippen MR) is 52.6 cm³/mol. The summed E-state index contributed by atoms with van der Waals surface area (Å²) in [5, 5.41) is 8.65. The number of rotatable bonds is 5. The van der Waals surface area contributed by atoms with Crippen molar-refractivity contribution in [3.63, 3.8) is 0 Å². The smallest absolute Gasteiger partial charge is 0.0668 e. The van der Waals surface area contributed by atoms with Gasteiger partial charge in [-0.05, 0) is 32.1 Å². The molecule has 1 rings (SSSR count). The SMILES string of the molecule is N#CC(CCl)CCCC1CCCO1. The van der Waals surface area contributed by atoms with E-state index in [2.05, 4.69) is 6.07 Å². The lowest BCUT2D eigenvalue weighted by atomic mass is 10.0. The lowest BCUT2D eigenvalue weighted by molar-refractivity contribution is 0.101. The molecular formula is C10H16ClNO. The molecule has 2 atom stereocenters. The van der Waals surface area contributed by atoms with Gasteiger partial charge in [0.05, 0.1) is 18.1 Å². The highest BCUT2D eigenvalue weighted by Crippen LogP contribution is 2.19. The second-order valence-electron chi connectivity index (χ2n) is 3.55. The summed E-state index contributed by atoms with van der Waals surface area (Å²) in [5.74, 6) is 0.491. The molecule has 0 bridgehead atoms. The average molecular weight is 202 g/mol. The Labute approximate surface area is 84.8 Å². The highest BCUT2D eigenvalue weighted by atomic mass is 35.5. The molecular weight excluding hydrogens is 186 g/mol. The quantitative estimate of drug-likeness (QED) is 0.641. The number of hydrogen-bond acceptors (Lipinski definition) is 2. The fourth-order valence-electron chi connectivity index (χ4n) is 1.64. The molecule has 0 aliphatic carbocycles. The van der Waals surface area contributed by atoms with Crippen LogP contribution in [0.1, 0.15) is 32.1 Å². The van der Waals surface area contributed by atoms with Crippen LogP contribution in [0.15, 0.2) is 0 Å². The van der Waals surface area contributed by atoms with Crippen molar-refractivity contribution in [2.75, 3.05) is 12.5 Å². The Morgan fingerprint density at radius 3 is 3.00 bits per heavy atom. The molecule has 0 amide bonds. The van der Waals surface area contributed by atoms with Gasteiger partial charge >= 0.3 is 0 Å². The summed E-state index contributed by atoms with van der Waals surface area (Å²) in [6, 6.07) is 2.20. The fourth-order valence-corrected chi connectivity index (χ4v) is 1.86. The van der Waals surface area contributed by atoms with Crippen molar-refractivity contribution in [1.29, 1.82) is 5.26 Å². The van der Waals surface area contributed by atoms with Crippen molar-refractivity contribution in [1.82, 2.24) is 0 Å². The van der Waals surface area contributed by atoms with Gasteiger partial charge in [-0.25, -0.2) is 0 Å². The Morgan fingerprint density at radius 1 is 1.62 bits per heavy atom. The van der Waals surface area contributed by atoms with Crippen molar-refractivity contribution in [2.45, 2.75) is 38.2 Å². The number of hydrogen-bond donors (Lipinski definition) is 0. The zero-order chi connectivity index (χ0) is 9.52. The molecule has 1 aliphatic heterocycles. The minimum absolute atomic E-state index is 0.0306. The molecule has 0 saturated carbocycles. The van der Waals surface area contributed by atoms with Gasteiger partial charge in [0.15, 0.2) is 0 Å². The maximum absolute atomic E-state index is 8.65. The Morgan fingerprint density at radius 2 is 2.46 bits per heavy atom. The van der Waals surface area contributed by atoms with E-state index in [0.717, 1.165) is 25.9 Å². The number of alkyl halides is 1. The van der Waals surface area contributed by atoms with Crippen LogP contribution in [0.2, 0.25) is 0 Å². The molecule has 1 saturated heterocycles. The Bertz CT molecular complexity index is 172. The highest BCUT2D eigenvalue weighted by molar-refractivity contribution is 6.18. The molecule has 0 radical (unpaired) electrons. The first-order chi connectivity index (χ1) is 6.36.